The fourth-order valence-electron chi connectivity index (χ4n) is 3.60. The van der Waals surface area contributed by atoms with Gasteiger partial charge in [0.05, 0.1) is 0 Å². The molecule has 0 aromatic heterocycles. The second kappa shape index (κ2) is 8.23. The van der Waals surface area contributed by atoms with Gasteiger partial charge in [-0.15, -0.1) is 0 Å². The number of para-hydroxylation sites is 1. The van der Waals surface area contributed by atoms with Crippen LogP contribution in [0, 0.1) is 0 Å². The largest absolute Gasteiger partial charge is 0.481 e. The number of carbonyl (C=O) groups is 1. The Morgan fingerprint density at radius 3 is 2.36 bits per heavy atom. The lowest BCUT2D eigenvalue weighted by molar-refractivity contribution is -0.138. The van der Waals surface area contributed by atoms with E-state index in [1.807, 2.05) is 60.4 Å². The molecule has 1 fully saturated rings. The minimum atomic E-state index is -0.504. The Morgan fingerprint density at radius 1 is 0.929 bits per heavy atom. The minimum Gasteiger partial charge on any atom is -0.481 e. The van der Waals surface area contributed by atoms with Crippen molar-refractivity contribution in [2.45, 2.75) is 13.0 Å². The molecule has 3 aromatic rings. The third kappa shape index (κ3) is 4.14. The van der Waals surface area contributed by atoms with Gasteiger partial charge in [-0.2, -0.15) is 0 Å². The highest BCUT2D eigenvalue weighted by molar-refractivity contribution is 9.10. The lowest BCUT2D eigenvalue weighted by atomic mass is 10.1. The number of halogens is 1. The third-order valence-corrected chi connectivity index (χ3v) is 5.64. The van der Waals surface area contributed by atoms with Gasteiger partial charge < -0.3 is 14.5 Å². The van der Waals surface area contributed by atoms with E-state index >= 15 is 0 Å². The number of hydrogen-bond acceptors (Lipinski definition) is 3. The van der Waals surface area contributed by atoms with Crippen molar-refractivity contribution in [1.82, 2.24) is 4.90 Å². The highest BCUT2D eigenvalue weighted by atomic mass is 79.9. The standard InChI is InChI=1S/C23H23BrN2O2/c1-17(28-22-10-8-18-15-20(24)9-7-19(18)16-22)23(27)26-13-11-25(12-14-26)21-5-3-2-4-6-21/h2-10,15-17H,11-14H2,1H3. The summed E-state index contributed by atoms with van der Waals surface area (Å²) in [4.78, 5) is 17.1. The highest BCUT2D eigenvalue weighted by Crippen LogP contribution is 2.25. The zero-order valence-corrected chi connectivity index (χ0v) is 17.4. The van der Waals surface area contributed by atoms with E-state index in [2.05, 4.69) is 39.0 Å². The summed E-state index contributed by atoms with van der Waals surface area (Å²) >= 11 is 3.49. The number of nitrogens with zero attached hydrogens (tertiary/aromatic N) is 2. The Balaban J connectivity index is 1.37. The molecule has 1 atom stereocenters. The smallest absolute Gasteiger partial charge is 0.263 e. The van der Waals surface area contributed by atoms with Crippen LogP contribution in [0.1, 0.15) is 6.92 Å². The number of rotatable bonds is 4. The molecule has 5 heteroatoms. The molecule has 4 nitrogen and oxygen atoms in total. The van der Waals surface area contributed by atoms with Crippen LogP contribution in [0.2, 0.25) is 0 Å². The SMILES string of the molecule is CC(Oc1ccc2cc(Br)ccc2c1)C(=O)N1CCN(c2ccccc2)CC1. The zero-order chi connectivity index (χ0) is 19.5. The first kappa shape index (κ1) is 18.8. The van der Waals surface area contributed by atoms with Crippen LogP contribution in [0.5, 0.6) is 5.75 Å². The maximum absolute atomic E-state index is 12.8. The molecule has 1 aliphatic rings. The van der Waals surface area contributed by atoms with E-state index in [1.165, 1.54) is 5.69 Å². The van der Waals surface area contributed by atoms with Gasteiger partial charge in [0.25, 0.3) is 5.91 Å². The molecule has 0 bridgehead atoms. The van der Waals surface area contributed by atoms with Gasteiger partial charge in [0.2, 0.25) is 0 Å². The zero-order valence-electron chi connectivity index (χ0n) is 15.8. The summed E-state index contributed by atoms with van der Waals surface area (Å²) in [6.45, 7) is 4.94. The van der Waals surface area contributed by atoms with E-state index in [4.69, 9.17) is 4.74 Å². The Hall–Kier alpha value is -2.53. The Morgan fingerprint density at radius 2 is 1.61 bits per heavy atom. The van der Waals surface area contributed by atoms with Gasteiger partial charge in [0.1, 0.15) is 5.75 Å². The first-order valence-corrected chi connectivity index (χ1v) is 10.3. The minimum absolute atomic E-state index is 0.0450. The molecule has 4 rings (SSSR count). The topological polar surface area (TPSA) is 32.8 Å². The van der Waals surface area contributed by atoms with Gasteiger partial charge in [-0.25, -0.2) is 0 Å². The van der Waals surface area contributed by atoms with E-state index in [1.54, 1.807) is 0 Å². The fraction of sp³-hybridized carbons (Fsp3) is 0.261. The average molecular weight is 439 g/mol. The second-order valence-corrected chi connectivity index (χ2v) is 7.98. The Kier molecular flexibility index (Phi) is 5.53. The summed E-state index contributed by atoms with van der Waals surface area (Å²) < 4.78 is 7.01. The van der Waals surface area contributed by atoms with Crippen LogP contribution >= 0.6 is 15.9 Å². The normalized spacial score (nSPS) is 15.5. The van der Waals surface area contributed by atoms with Crippen LogP contribution in [0.15, 0.2) is 71.2 Å². The summed E-state index contributed by atoms with van der Waals surface area (Å²) in [5.74, 6) is 0.766. The van der Waals surface area contributed by atoms with E-state index in [-0.39, 0.29) is 5.91 Å². The van der Waals surface area contributed by atoms with Crippen LogP contribution in [-0.4, -0.2) is 43.1 Å². The average Bonchev–Trinajstić information content (AvgIpc) is 2.74. The van der Waals surface area contributed by atoms with Gasteiger partial charge in [-0.1, -0.05) is 46.3 Å². The molecular formula is C23H23BrN2O2. The molecule has 1 unspecified atom stereocenters. The van der Waals surface area contributed by atoms with Gasteiger partial charge in [0.15, 0.2) is 6.10 Å². The molecule has 3 aromatic carbocycles. The van der Waals surface area contributed by atoms with Crippen molar-refractivity contribution in [2.24, 2.45) is 0 Å². The molecule has 0 aliphatic carbocycles. The van der Waals surface area contributed by atoms with Crippen molar-refractivity contribution < 1.29 is 9.53 Å². The summed E-state index contributed by atoms with van der Waals surface area (Å²) in [5.41, 5.74) is 1.21. The lowest BCUT2D eigenvalue weighted by Gasteiger charge is -2.37. The van der Waals surface area contributed by atoms with E-state index in [0.29, 0.717) is 13.1 Å². The number of ether oxygens (including phenoxy) is 1. The molecule has 0 saturated carbocycles. The predicted molar refractivity (Wildman–Crippen MR) is 117 cm³/mol. The quantitative estimate of drug-likeness (QED) is 0.590. The van der Waals surface area contributed by atoms with Crippen molar-refractivity contribution in [1.29, 1.82) is 0 Å². The number of fused-ring (bicyclic) bond motifs is 1. The van der Waals surface area contributed by atoms with Crippen molar-refractivity contribution in [2.75, 3.05) is 31.1 Å². The summed E-state index contributed by atoms with van der Waals surface area (Å²) in [6.07, 6.45) is -0.504. The molecule has 1 aliphatic heterocycles. The fourth-order valence-corrected chi connectivity index (χ4v) is 3.98. The van der Waals surface area contributed by atoms with Crippen molar-refractivity contribution in [3.63, 3.8) is 0 Å². The highest BCUT2D eigenvalue weighted by Gasteiger charge is 2.26. The van der Waals surface area contributed by atoms with Crippen LogP contribution in [-0.2, 0) is 4.79 Å². The number of amides is 1. The Labute approximate surface area is 173 Å². The molecule has 1 saturated heterocycles. The molecular weight excluding hydrogens is 416 g/mol. The predicted octanol–water partition coefficient (Wildman–Crippen LogP) is 4.72. The van der Waals surface area contributed by atoms with Crippen LogP contribution in [0.3, 0.4) is 0 Å². The Bertz CT molecular complexity index is 969. The molecule has 0 radical (unpaired) electrons. The van der Waals surface area contributed by atoms with Gasteiger partial charge in [-0.3, -0.25) is 4.79 Å². The lowest BCUT2D eigenvalue weighted by Crippen LogP contribution is -2.52. The van der Waals surface area contributed by atoms with Gasteiger partial charge in [0, 0.05) is 36.3 Å². The van der Waals surface area contributed by atoms with Crippen molar-refractivity contribution in [3.05, 3.63) is 71.2 Å². The maximum Gasteiger partial charge on any atom is 0.263 e. The first-order chi connectivity index (χ1) is 13.6. The molecule has 28 heavy (non-hydrogen) atoms. The van der Waals surface area contributed by atoms with E-state index < -0.39 is 6.10 Å². The first-order valence-electron chi connectivity index (χ1n) is 9.55. The third-order valence-electron chi connectivity index (χ3n) is 5.15. The molecule has 0 N–H and O–H groups in total. The van der Waals surface area contributed by atoms with Crippen molar-refractivity contribution in [3.8, 4) is 5.75 Å². The van der Waals surface area contributed by atoms with Gasteiger partial charge >= 0.3 is 0 Å². The molecule has 1 amide bonds. The summed E-state index contributed by atoms with van der Waals surface area (Å²) in [7, 11) is 0. The van der Waals surface area contributed by atoms with Crippen LogP contribution in [0.25, 0.3) is 10.8 Å². The number of carbonyl (C=O) groups excluding carboxylic acids is 1. The summed E-state index contributed by atoms with van der Waals surface area (Å²) in [5, 5.41) is 2.23. The number of benzene rings is 3. The monoisotopic (exact) mass is 438 g/mol. The second-order valence-electron chi connectivity index (χ2n) is 7.06. The molecule has 144 valence electrons. The maximum atomic E-state index is 12.8. The molecule has 1 heterocycles. The molecule has 0 spiro atoms. The van der Waals surface area contributed by atoms with Crippen LogP contribution in [0.4, 0.5) is 5.69 Å². The van der Waals surface area contributed by atoms with Gasteiger partial charge in [-0.05, 0) is 54.1 Å². The van der Waals surface area contributed by atoms with E-state index in [9.17, 15) is 4.79 Å². The summed E-state index contributed by atoms with van der Waals surface area (Å²) in [6, 6.07) is 22.4. The van der Waals surface area contributed by atoms with Crippen LogP contribution < -0.4 is 9.64 Å². The van der Waals surface area contributed by atoms with E-state index in [0.717, 1.165) is 34.1 Å². The number of piperazine rings is 1. The number of hydrogen-bond donors (Lipinski definition) is 0. The van der Waals surface area contributed by atoms with Crippen molar-refractivity contribution >= 4 is 38.3 Å². The number of anilines is 1.